The predicted octanol–water partition coefficient (Wildman–Crippen LogP) is -1.01. The van der Waals surface area contributed by atoms with E-state index in [1.807, 2.05) is 0 Å². The number of nitrogens with two attached hydrogens (primary N) is 1. The molecule has 6 nitrogen and oxygen atoms in total. The highest BCUT2D eigenvalue weighted by Crippen LogP contribution is 2.10. The molecule has 0 bridgehead atoms. The summed E-state index contributed by atoms with van der Waals surface area (Å²) < 4.78 is 4.97. The van der Waals surface area contributed by atoms with Crippen LogP contribution in [0.15, 0.2) is 0 Å². The number of carbonyl (C=O) groups is 2. The van der Waals surface area contributed by atoms with Crippen molar-refractivity contribution in [2.75, 3.05) is 19.9 Å². The number of ether oxygens (including phenoxy) is 1. The van der Waals surface area contributed by atoms with E-state index in [0.717, 1.165) is 0 Å². The smallest absolute Gasteiger partial charge is 0.323 e. The van der Waals surface area contributed by atoms with Crippen molar-refractivity contribution in [3.8, 4) is 0 Å². The quantitative estimate of drug-likeness (QED) is 0.612. The van der Waals surface area contributed by atoms with Crippen LogP contribution in [-0.2, 0) is 14.3 Å². The average molecular weight is 202 g/mol. The Morgan fingerprint density at radius 3 is 2.71 bits per heavy atom. The molecule has 0 radical (unpaired) electrons. The van der Waals surface area contributed by atoms with Gasteiger partial charge in [-0.2, -0.15) is 0 Å². The van der Waals surface area contributed by atoms with Gasteiger partial charge >= 0.3 is 5.97 Å². The van der Waals surface area contributed by atoms with Crippen LogP contribution < -0.4 is 5.73 Å². The molecule has 1 atom stereocenters. The van der Waals surface area contributed by atoms with Crippen molar-refractivity contribution in [2.24, 2.45) is 5.73 Å². The zero-order valence-electron chi connectivity index (χ0n) is 8.02. The summed E-state index contributed by atoms with van der Waals surface area (Å²) in [5.41, 5.74) is 3.94. The van der Waals surface area contributed by atoms with Crippen molar-refractivity contribution in [3.63, 3.8) is 0 Å². The van der Waals surface area contributed by atoms with Gasteiger partial charge in [-0.3, -0.25) is 9.59 Å². The Morgan fingerprint density at radius 2 is 2.29 bits per heavy atom. The number of carboxylic acids is 1. The van der Waals surface area contributed by atoms with Crippen LogP contribution in [0.4, 0.5) is 0 Å². The molecule has 1 aliphatic heterocycles. The van der Waals surface area contributed by atoms with Gasteiger partial charge in [-0.1, -0.05) is 0 Å². The zero-order valence-corrected chi connectivity index (χ0v) is 8.02. The second-order valence-corrected chi connectivity index (χ2v) is 3.59. The first-order valence-electron chi connectivity index (χ1n) is 4.31. The molecule has 80 valence electrons. The van der Waals surface area contributed by atoms with Crippen LogP contribution in [0, 0.1) is 0 Å². The van der Waals surface area contributed by atoms with Crippen LogP contribution in [-0.4, -0.2) is 47.3 Å². The molecule has 0 spiro atoms. The standard InChI is InChI=1S/C8H14N2O4/c1-8(9,7(12)13)4-6(11)10-2-3-14-5-10/h2-5,9H2,1H3,(H,12,13). The van der Waals surface area contributed by atoms with E-state index >= 15 is 0 Å². The Balaban J connectivity index is 2.51. The molecule has 0 aromatic rings. The van der Waals surface area contributed by atoms with Gasteiger partial charge in [0, 0.05) is 6.54 Å². The van der Waals surface area contributed by atoms with Gasteiger partial charge in [0.25, 0.3) is 0 Å². The fourth-order valence-corrected chi connectivity index (χ4v) is 1.11. The molecule has 0 aliphatic carbocycles. The molecule has 1 rings (SSSR count). The molecule has 14 heavy (non-hydrogen) atoms. The van der Waals surface area contributed by atoms with Gasteiger partial charge < -0.3 is 20.5 Å². The molecular weight excluding hydrogens is 188 g/mol. The van der Waals surface area contributed by atoms with Crippen LogP contribution in [0.2, 0.25) is 0 Å². The first kappa shape index (κ1) is 10.9. The lowest BCUT2D eigenvalue weighted by Crippen LogP contribution is -2.49. The van der Waals surface area contributed by atoms with E-state index in [1.54, 1.807) is 0 Å². The number of aliphatic carboxylic acids is 1. The van der Waals surface area contributed by atoms with Gasteiger partial charge in [-0.05, 0) is 6.92 Å². The summed E-state index contributed by atoms with van der Waals surface area (Å²) in [6.07, 6.45) is -0.203. The summed E-state index contributed by atoms with van der Waals surface area (Å²) in [5, 5.41) is 8.71. The van der Waals surface area contributed by atoms with E-state index in [-0.39, 0.29) is 19.1 Å². The first-order valence-corrected chi connectivity index (χ1v) is 4.31. The molecule has 3 N–H and O–H groups in total. The maximum absolute atomic E-state index is 11.5. The van der Waals surface area contributed by atoms with Crippen molar-refractivity contribution in [2.45, 2.75) is 18.9 Å². The van der Waals surface area contributed by atoms with Gasteiger partial charge in [0.05, 0.1) is 13.0 Å². The number of rotatable bonds is 3. The Kier molecular flexibility index (Phi) is 3.07. The lowest BCUT2D eigenvalue weighted by atomic mass is 9.99. The number of nitrogens with zero attached hydrogens (tertiary/aromatic N) is 1. The SMILES string of the molecule is CC(N)(CC(=O)N1CCOC1)C(=O)O. The molecule has 0 aromatic heterocycles. The molecule has 6 heteroatoms. The minimum absolute atomic E-state index is 0.203. The van der Waals surface area contributed by atoms with Gasteiger partial charge in [0.15, 0.2) is 0 Å². The molecule has 0 saturated carbocycles. The van der Waals surface area contributed by atoms with Gasteiger partial charge in [0.2, 0.25) is 5.91 Å². The molecule has 1 saturated heterocycles. The number of hydrogen-bond donors (Lipinski definition) is 2. The van der Waals surface area contributed by atoms with Crippen LogP contribution in [0.5, 0.6) is 0 Å². The van der Waals surface area contributed by atoms with Crippen molar-refractivity contribution >= 4 is 11.9 Å². The summed E-state index contributed by atoms with van der Waals surface area (Å²) in [5.74, 6) is -1.46. The normalized spacial score (nSPS) is 20.6. The Bertz CT molecular complexity index is 246. The second-order valence-electron chi connectivity index (χ2n) is 3.59. The summed E-state index contributed by atoms with van der Waals surface area (Å²) in [6, 6.07) is 0. The van der Waals surface area contributed by atoms with E-state index < -0.39 is 11.5 Å². The number of hydrogen-bond acceptors (Lipinski definition) is 4. The van der Waals surface area contributed by atoms with E-state index in [2.05, 4.69) is 0 Å². The Labute approximate surface area is 81.6 Å². The minimum Gasteiger partial charge on any atom is -0.480 e. The van der Waals surface area contributed by atoms with Crippen molar-refractivity contribution in [3.05, 3.63) is 0 Å². The van der Waals surface area contributed by atoms with E-state index in [1.165, 1.54) is 11.8 Å². The summed E-state index contributed by atoms with van der Waals surface area (Å²) in [7, 11) is 0. The Hall–Kier alpha value is -1.14. The molecule has 1 amide bonds. The zero-order chi connectivity index (χ0) is 10.8. The minimum atomic E-state index is -1.50. The third-order valence-corrected chi connectivity index (χ3v) is 2.11. The number of carbonyl (C=O) groups excluding carboxylic acids is 1. The second kappa shape index (κ2) is 3.93. The highest BCUT2D eigenvalue weighted by molar-refractivity contribution is 5.87. The lowest BCUT2D eigenvalue weighted by Gasteiger charge is -2.21. The predicted molar refractivity (Wildman–Crippen MR) is 47.4 cm³/mol. The van der Waals surface area contributed by atoms with Crippen LogP contribution in [0.3, 0.4) is 0 Å². The fourth-order valence-electron chi connectivity index (χ4n) is 1.11. The molecule has 1 unspecified atom stereocenters. The summed E-state index contributed by atoms with van der Waals surface area (Å²) in [4.78, 5) is 23.6. The maximum atomic E-state index is 11.5. The van der Waals surface area contributed by atoms with E-state index in [0.29, 0.717) is 13.2 Å². The number of amides is 1. The maximum Gasteiger partial charge on any atom is 0.323 e. The van der Waals surface area contributed by atoms with Crippen molar-refractivity contribution in [1.29, 1.82) is 0 Å². The molecule has 1 fully saturated rings. The van der Waals surface area contributed by atoms with Gasteiger partial charge in [-0.15, -0.1) is 0 Å². The van der Waals surface area contributed by atoms with Crippen LogP contribution in [0.25, 0.3) is 0 Å². The van der Waals surface area contributed by atoms with Crippen LogP contribution >= 0.6 is 0 Å². The van der Waals surface area contributed by atoms with E-state index in [4.69, 9.17) is 15.6 Å². The topological polar surface area (TPSA) is 92.9 Å². The first-order chi connectivity index (χ1) is 6.43. The lowest BCUT2D eigenvalue weighted by molar-refractivity contribution is -0.147. The Morgan fingerprint density at radius 1 is 1.64 bits per heavy atom. The fraction of sp³-hybridized carbons (Fsp3) is 0.750. The molecular formula is C8H14N2O4. The molecule has 0 aromatic carbocycles. The highest BCUT2D eigenvalue weighted by atomic mass is 16.5. The average Bonchev–Trinajstić information content (AvgIpc) is 2.54. The van der Waals surface area contributed by atoms with Gasteiger partial charge in [0.1, 0.15) is 12.3 Å². The highest BCUT2D eigenvalue weighted by Gasteiger charge is 2.33. The van der Waals surface area contributed by atoms with Crippen molar-refractivity contribution in [1.82, 2.24) is 4.90 Å². The third-order valence-electron chi connectivity index (χ3n) is 2.11. The number of carboxylic acid groups (broad SMARTS) is 1. The largest absolute Gasteiger partial charge is 0.480 e. The summed E-state index contributed by atoms with van der Waals surface area (Å²) >= 11 is 0. The third kappa shape index (κ3) is 2.43. The summed E-state index contributed by atoms with van der Waals surface area (Å²) in [6.45, 7) is 2.56. The molecule has 1 heterocycles. The molecule has 1 aliphatic rings. The van der Waals surface area contributed by atoms with Gasteiger partial charge in [-0.25, -0.2) is 0 Å². The van der Waals surface area contributed by atoms with Crippen LogP contribution in [0.1, 0.15) is 13.3 Å². The monoisotopic (exact) mass is 202 g/mol. The van der Waals surface area contributed by atoms with E-state index in [9.17, 15) is 9.59 Å². The van der Waals surface area contributed by atoms with Crippen molar-refractivity contribution < 1.29 is 19.4 Å².